The van der Waals surface area contributed by atoms with Crippen molar-refractivity contribution >= 4 is 33.4 Å². The fraction of sp³-hybridized carbons (Fsp3) is 0.462. The Morgan fingerprint density at radius 2 is 2.24 bits per heavy atom. The van der Waals surface area contributed by atoms with E-state index in [4.69, 9.17) is 11.6 Å². The summed E-state index contributed by atoms with van der Waals surface area (Å²) in [6.07, 6.45) is 1.06. The Hall–Kier alpha value is -0.540. The maximum Gasteiger partial charge on any atom is 0.251 e. The fourth-order valence-corrected chi connectivity index (χ4v) is 2.34. The predicted molar refractivity (Wildman–Crippen MR) is 76.1 cm³/mol. The van der Waals surface area contributed by atoms with Crippen molar-refractivity contribution in [2.45, 2.75) is 20.3 Å². The molecule has 1 N–H and O–H groups in total. The zero-order chi connectivity index (χ0) is 12.8. The normalized spacial score (nSPS) is 12.2. The minimum absolute atomic E-state index is 0.0359. The highest BCUT2D eigenvalue weighted by Crippen LogP contribution is 2.16. The number of halogens is 2. The van der Waals surface area contributed by atoms with Gasteiger partial charge < -0.3 is 5.32 Å². The summed E-state index contributed by atoms with van der Waals surface area (Å²) >= 11 is 9.31. The van der Waals surface area contributed by atoms with Crippen molar-refractivity contribution in [3.63, 3.8) is 0 Å². The lowest BCUT2D eigenvalue weighted by molar-refractivity contribution is 0.0948. The topological polar surface area (TPSA) is 29.1 Å². The van der Waals surface area contributed by atoms with Gasteiger partial charge in [-0.3, -0.25) is 4.79 Å². The lowest BCUT2D eigenvalue weighted by Gasteiger charge is -2.11. The quantitative estimate of drug-likeness (QED) is 0.822. The number of alkyl halides is 1. The molecular formula is C13H17BrClNO. The van der Waals surface area contributed by atoms with E-state index < -0.39 is 0 Å². The number of hydrogen-bond donors (Lipinski definition) is 1. The molecule has 1 amide bonds. The highest BCUT2D eigenvalue weighted by Gasteiger charge is 2.08. The third kappa shape index (κ3) is 4.68. The van der Waals surface area contributed by atoms with Crippen molar-refractivity contribution in [3.8, 4) is 0 Å². The highest BCUT2D eigenvalue weighted by molar-refractivity contribution is 9.09. The third-order valence-corrected chi connectivity index (χ3v) is 3.52. The molecule has 1 unspecified atom stereocenters. The van der Waals surface area contributed by atoms with Crippen LogP contribution in [-0.2, 0) is 0 Å². The number of amides is 1. The number of carbonyl (C=O) groups excluding carboxylic acids is 1. The molecule has 0 radical (unpaired) electrons. The molecule has 1 aromatic carbocycles. The summed E-state index contributed by atoms with van der Waals surface area (Å²) in [6, 6.07) is 5.32. The first-order chi connectivity index (χ1) is 8.04. The van der Waals surface area contributed by atoms with Crippen molar-refractivity contribution in [1.29, 1.82) is 0 Å². The van der Waals surface area contributed by atoms with E-state index in [0.29, 0.717) is 23.0 Å². The molecule has 0 spiro atoms. The molecule has 1 rings (SSSR count). The predicted octanol–water partition coefficient (Wildman–Crippen LogP) is 3.80. The fourth-order valence-electron chi connectivity index (χ4n) is 1.44. The van der Waals surface area contributed by atoms with Gasteiger partial charge in [-0.2, -0.15) is 0 Å². The number of hydrogen-bond acceptors (Lipinski definition) is 1. The molecule has 0 aliphatic rings. The number of nitrogens with one attached hydrogen (secondary N) is 1. The monoisotopic (exact) mass is 317 g/mol. The van der Waals surface area contributed by atoms with Gasteiger partial charge in [-0.15, -0.1) is 0 Å². The number of carbonyl (C=O) groups is 1. The molecule has 4 heteroatoms. The molecule has 17 heavy (non-hydrogen) atoms. The standard InChI is InChI=1S/C13H17BrClNO/c1-9(5-6-14)8-16-13(17)11-3-4-12(15)10(2)7-11/h3-4,7,9H,5-6,8H2,1-2H3,(H,16,17). The van der Waals surface area contributed by atoms with Crippen LogP contribution in [0.5, 0.6) is 0 Å². The van der Waals surface area contributed by atoms with E-state index in [1.807, 2.05) is 13.0 Å². The van der Waals surface area contributed by atoms with Gasteiger partial charge in [0.2, 0.25) is 0 Å². The summed E-state index contributed by atoms with van der Waals surface area (Å²) in [4.78, 5) is 11.9. The minimum atomic E-state index is -0.0359. The van der Waals surface area contributed by atoms with Crippen LogP contribution in [0.25, 0.3) is 0 Å². The van der Waals surface area contributed by atoms with Crippen LogP contribution in [0.1, 0.15) is 29.3 Å². The van der Waals surface area contributed by atoms with Crippen molar-refractivity contribution in [1.82, 2.24) is 5.32 Å². The SMILES string of the molecule is Cc1cc(C(=O)NCC(C)CCBr)ccc1Cl. The molecule has 0 aromatic heterocycles. The second-order valence-corrected chi connectivity index (χ2v) is 5.46. The second kappa shape index (κ2) is 7.02. The molecular weight excluding hydrogens is 302 g/mol. The maximum absolute atomic E-state index is 11.9. The Labute approximate surface area is 116 Å². The smallest absolute Gasteiger partial charge is 0.251 e. The van der Waals surface area contributed by atoms with Crippen LogP contribution in [0.4, 0.5) is 0 Å². The highest BCUT2D eigenvalue weighted by atomic mass is 79.9. The molecule has 0 fully saturated rings. The molecule has 0 saturated heterocycles. The Kier molecular flexibility index (Phi) is 6.00. The first kappa shape index (κ1) is 14.5. The molecule has 0 aliphatic heterocycles. The van der Waals surface area contributed by atoms with Gasteiger partial charge in [0.15, 0.2) is 0 Å². The van der Waals surface area contributed by atoms with E-state index >= 15 is 0 Å². The average Bonchev–Trinajstić information content (AvgIpc) is 2.30. The summed E-state index contributed by atoms with van der Waals surface area (Å²) in [7, 11) is 0. The van der Waals surface area contributed by atoms with E-state index in [1.165, 1.54) is 0 Å². The Morgan fingerprint density at radius 1 is 1.53 bits per heavy atom. The van der Waals surface area contributed by atoms with Gasteiger partial charge in [-0.05, 0) is 43.0 Å². The van der Waals surface area contributed by atoms with Crippen LogP contribution >= 0.6 is 27.5 Å². The summed E-state index contributed by atoms with van der Waals surface area (Å²) in [5, 5.41) is 4.58. The Bertz CT molecular complexity index is 395. The van der Waals surface area contributed by atoms with Gasteiger partial charge >= 0.3 is 0 Å². The number of rotatable bonds is 5. The first-order valence-corrected chi connectivity index (χ1v) is 7.15. The molecule has 0 saturated carbocycles. The van der Waals surface area contributed by atoms with Gasteiger partial charge in [-0.25, -0.2) is 0 Å². The molecule has 1 atom stereocenters. The summed E-state index contributed by atoms with van der Waals surface area (Å²) in [6.45, 7) is 4.72. The van der Waals surface area contributed by atoms with Crippen molar-refractivity contribution in [3.05, 3.63) is 34.3 Å². The van der Waals surface area contributed by atoms with E-state index in [2.05, 4.69) is 28.2 Å². The van der Waals surface area contributed by atoms with E-state index in [-0.39, 0.29) is 5.91 Å². The van der Waals surface area contributed by atoms with Gasteiger partial charge in [0, 0.05) is 22.5 Å². The first-order valence-electron chi connectivity index (χ1n) is 5.65. The third-order valence-electron chi connectivity index (χ3n) is 2.63. The molecule has 2 nitrogen and oxygen atoms in total. The van der Waals surface area contributed by atoms with E-state index in [1.54, 1.807) is 12.1 Å². The minimum Gasteiger partial charge on any atom is -0.352 e. The molecule has 94 valence electrons. The van der Waals surface area contributed by atoms with Crippen LogP contribution in [-0.4, -0.2) is 17.8 Å². The average molecular weight is 319 g/mol. The molecule has 0 bridgehead atoms. The summed E-state index contributed by atoms with van der Waals surface area (Å²) in [5.74, 6) is 0.443. The van der Waals surface area contributed by atoms with Crippen LogP contribution in [0, 0.1) is 12.8 Å². The molecule has 0 heterocycles. The van der Waals surface area contributed by atoms with E-state index in [9.17, 15) is 4.79 Å². The van der Waals surface area contributed by atoms with Gasteiger partial charge in [0.25, 0.3) is 5.91 Å². The Morgan fingerprint density at radius 3 is 2.82 bits per heavy atom. The zero-order valence-electron chi connectivity index (χ0n) is 10.1. The van der Waals surface area contributed by atoms with Gasteiger partial charge in [0.1, 0.15) is 0 Å². The Balaban J connectivity index is 2.55. The van der Waals surface area contributed by atoms with Crippen LogP contribution < -0.4 is 5.32 Å². The zero-order valence-corrected chi connectivity index (χ0v) is 12.4. The summed E-state index contributed by atoms with van der Waals surface area (Å²) < 4.78 is 0. The van der Waals surface area contributed by atoms with Gasteiger partial charge in [0.05, 0.1) is 0 Å². The summed E-state index contributed by atoms with van der Waals surface area (Å²) in [5.41, 5.74) is 1.59. The number of aryl methyl sites for hydroxylation is 1. The van der Waals surface area contributed by atoms with Crippen LogP contribution in [0.3, 0.4) is 0 Å². The largest absolute Gasteiger partial charge is 0.352 e. The van der Waals surface area contributed by atoms with Crippen LogP contribution in [0.15, 0.2) is 18.2 Å². The van der Waals surface area contributed by atoms with Crippen molar-refractivity contribution in [2.24, 2.45) is 5.92 Å². The molecule has 0 aliphatic carbocycles. The van der Waals surface area contributed by atoms with Crippen molar-refractivity contribution < 1.29 is 4.79 Å². The second-order valence-electron chi connectivity index (χ2n) is 4.26. The lowest BCUT2D eigenvalue weighted by Crippen LogP contribution is -2.28. The van der Waals surface area contributed by atoms with Crippen molar-refractivity contribution in [2.75, 3.05) is 11.9 Å². The van der Waals surface area contributed by atoms with Gasteiger partial charge in [-0.1, -0.05) is 34.5 Å². The van der Waals surface area contributed by atoms with Crippen LogP contribution in [0.2, 0.25) is 5.02 Å². The maximum atomic E-state index is 11.9. The molecule has 1 aromatic rings. The number of benzene rings is 1. The van der Waals surface area contributed by atoms with E-state index in [0.717, 1.165) is 17.3 Å². The lowest BCUT2D eigenvalue weighted by atomic mass is 10.1.